The van der Waals surface area contributed by atoms with Crippen LogP contribution in [0.4, 0.5) is 5.69 Å². The molecule has 6 nitrogen and oxygen atoms in total. The Labute approximate surface area is 185 Å². The van der Waals surface area contributed by atoms with Crippen molar-refractivity contribution in [2.24, 2.45) is 5.10 Å². The number of nitrogens with zero attached hydrogens (tertiary/aromatic N) is 3. The van der Waals surface area contributed by atoms with Gasteiger partial charge in [0.2, 0.25) is 0 Å². The van der Waals surface area contributed by atoms with Gasteiger partial charge in [0.15, 0.2) is 18.1 Å². The van der Waals surface area contributed by atoms with Crippen molar-refractivity contribution in [1.29, 1.82) is 0 Å². The summed E-state index contributed by atoms with van der Waals surface area (Å²) in [6.07, 6.45) is 5.15. The van der Waals surface area contributed by atoms with E-state index in [0.29, 0.717) is 18.1 Å². The summed E-state index contributed by atoms with van der Waals surface area (Å²) >= 11 is 0. The zero-order chi connectivity index (χ0) is 22.1. The molecular formula is C25H33N3O3. The highest BCUT2D eigenvalue weighted by Gasteiger charge is 2.17. The van der Waals surface area contributed by atoms with Crippen molar-refractivity contribution in [1.82, 2.24) is 4.90 Å². The lowest BCUT2D eigenvalue weighted by molar-refractivity contribution is -0.134. The molecule has 1 amide bonds. The van der Waals surface area contributed by atoms with Gasteiger partial charge >= 0.3 is 0 Å². The molecule has 31 heavy (non-hydrogen) atoms. The number of amides is 1. The van der Waals surface area contributed by atoms with Crippen LogP contribution in [0.15, 0.2) is 47.6 Å². The molecule has 1 saturated heterocycles. The van der Waals surface area contributed by atoms with Crippen LogP contribution in [0.25, 0.3) is 0 Å². The van der Waals surface area contributed by atoms with Crippen LogP contribution in [0.2, 0.25) is 0 Å². The Morgan fingerprint density at radius 1 is 1.03 bits per heavy atom. The lowest BCUT2D eigenvalue weighted by Gasteiger charge is -2.26. The summed E-state index contributed by atoms with van der Waals surface area (Å²) in [6, 6.07) is 14.0. The van der Waals surface area contributed by atoms with E-state index in [-0.39, 0.29) is 12.5 Å². The number of hydrogen-bond donors (Lipinski definition) is 0. The van der Waals surface area contributed by atoms with Crippen LogP contribution >= 0.6 is 0 Å². The first-order valence-electron chi connectivity index (χ1n) is 11.2. The van der Waals surface area contributed by atoms with Crippen molar-refractivity contribution in [2.45, 2.75) is 40.0 Å². The van der Waals surface area contributed by atoms with Gasteiger partial charge in [0.05, 0.1) is 18.5 Å². The van der Waals surface area contributed by atoms with Crippen LogP contribution < -0.4 is 14.5 Å². The van der Waals surface area contributed by atoms with Gasteiger partial charge in [-0.05, 0) is 75.9 Å². The molecule has 166 valence electrons. The summed E-state index contributed by atoms with van der Waals surface area (Å²) in [7, 11) is 0. The monoisotopic (exact) mass is 423 g/mol. The molecule has 2 aromatic rings. The molecule has 2 aromatic carbocycles. The van der Waals surface area contributed by atoms with Crippen LogP contribution in [-0.4, -0.2) is 49.9 Å². The van der Waals surface area contributed by atoms with Crippen LogP contribution in [0.5, 0.6) is 11.5 Å². The van der Waals surface area contributed by atoms with Gasteiger partial charge in [-0.25, -0.2) is 0 Å². The molecule has 0 aromatic heterocycles. The molecule has 0 atom stereocenters. The largest absolute Gasteiger partial charge is 0.490 e. The Morgan fingerprint density at radius 2 is 1.77 bits per heavy atom. The Morgan fingerprint density at radius 3 is 2.45 bits per heavy atom. The predicted molar refractivity (Wildman–Crippen MR) is 125 cm³/mol. The van der Waals surface area contributed by atoms with Gasteiger partial charge in [-0.2, -0.15) is 5.10 Å². The van der Waals surface area contributed by atoms with E-state index < -0.39 is 0 Å². The molecule has 1 heterocycles. The maximum atomic E-state index is 12.4. The first-order valence-corrected chi connectivity index (χ1v) is 11.2. The summed E-state index contributed by atoms with van der Waals surface area (Å²) in [4.78, 5) is 14.3. The highest BCUT2D eigenvalue weighted by molar-refractivity contribution is 5.82. The standard InChI is InChI=1S/C25H33N3O3/c1-4-28(22-12-9-20(3)10-13-22)26-18-21-11-14-23(24(17-21)30-5-2)31-19-25(29)27-15-7-6-8-16-27/h9-14,17-18H,4-8,15-16,19H2,1-3H3/b26-18-. The Bertz CT molecular complexity index is 874. The number of aryl methyl sites for hydroxylation is 1. The fraction of sp³-hybridized carbons (Fsp3) is 0.440. The number of benzene rings is 2. The minimum absolute atomic E-state index is 0.0319. The molecule has 0 bridgehead atoms. The number of anilines is 1. The van der Waals surface area contributed by atoms with Crippen molar-refractivity contribution in [2.75, 3.05) is 37.9 Å². The van der Waals surface area contributed by atoms with Gasteiger partial charge in [-0.3, -0.25) is 9.80 Å². The van der Waals surface area contributed by atoms with Crippen molar-refractivity contribution >= 4 is 17.8 Å². The maximum absolute atomic E-state index is 12.4. The zero-order valence-electron chi connectivity index (χ0n) is 18.8. The van der Waals surface area contributed by atoms with Crippen molar-refractivity contribution in [3.05, 3.63) is 53.6 Å². The Hall–Kier alpha value is -3.02. The number of rotatable bonds is 9. The van der Waals surface area contributed by atoms with Crippen molar-refractivity contribution in [3.63, 3.8) is 0 Å². The Balaban J connectivity index is 1.67. The summed E-state index contributed by atoms with van der Waals surface area (Å²) in [5.74, 6) is 1.23. The molecule has 0 radical (unpaired) electrons. The highest BCUT2D eigenvalue weighted by atomic mass is 16.5. The molecule has 1 fully saturated rings. The summed E-state index contributed by atoms with van der Waals surface area (Å²) in [5, 5.41) is 6.58. The number of likely N-dealkylation sites (tertiary alicyclic amines) is 1. The smallest absolute Gasteiger partial charge is 0.260 e. The Kier molecular flexibility index (Phi) is 8.33. The van der Waals surface area contributed by atoms with E-state index in [1.807, 2.05) is 41.2 Å². The molecule has 0 saturated carbocycles. The SMILES string of the molecule is CCOc1cc(/C=N\N(CC)c2ccc(C)cc2)ccc1OCC(=O)N1CCCCC1. The van der Waals surface area contributed by atoms with E-state index in [1.165, 1.54) is 12.0 Å². The first kappa shape index (κ1) is 22.7. The molecule has 1 aliphatic heterocycles. The third-order valence-corrected chi connectivity index (χ3v) is 5.31. The van der Waals surface area contributed by atoms with E-state index in [4.69, 9.17) is 9.47 Å². The highest BCUT2D eigenvalue weighted by Crippen LogP contribution is 2.28. The molecule has 0 aliphatic carbocycles. The van der Waals surface area contributed by atoms with Gasteiger partial charge in [-0.15, -0.1) is 0 Å². The molecule has 1 aliphatic rings. The van der Waals surface area contributed by atoms with Gasteiger partial charge < -0.3 is 14.4 Å². The van der Waals surface area contributed by atoms with Crippen molar-refractivity contribution in [3.8, 4) is 11.5 Å². The average molecular weight is 424 g/mol. The third-order valence-electron chi connectivity index (χ3n) is 5.31. The number of carbonyl (C=O) groups is 1. The zero-order valence-corrected chi connectivity index (χ0v) is 18.8. The topological polar surface area (TPSA) is 54.4 Å². The molecule has 0 N–H and O–H groups in total. The van der Waals surface area contributed by atoms with E-state index in [1.54, 1.807) is 0 Å². The number of piperidine rings is 1. The third kappa shape index (κ3) is 6.48. The first-order chi connectivity index (χ1) is 15.1. The second-order valence-corrected chi connectivity index (χ2v) is 7.67. The minimum atomic E-state index is 0.0319. The number of carbonyl (C=O) groups excluding carboxylic acids is 1. The fourth-order valence-corrected chi connectivity index (χ4v) is 3.55. The average Bonchev–Trinajstić information content (AvgIpc) is 2.80. The second-order valence-electron chi connectivity index (χ2n) is 7.67. The molecule has 0 spiro atoms. The van der Waals surface area contributed by atoms with Gasteiger partial charge in [0.1, 0.15) is 0 Å². The molecule has 3 rings (SSSR count). The van der Waals surface area contributed by atoms with Crippen LogP contribution in [-0.2, 0) is 4.79 Å². The quantitative estimate of drug-likeness (QED) is 0.435. The van der Waals surface area contributed by atoms with E-state index >= 15 is 0 Å². The lowest BCUT2D eigenvalue weighted by atomic mass is 10.1. The van der Waals surface area contributed by atoms with Gasteiger partial charge in [0, 0.05) is 19.6 Å². The number of ether oxygens (including phenoxy) is 2. The van der Waals surface area contributed by atoms with Crippen LogP contribution in [0.3, 0.4) is 0 Å². The minimum Gasteiger partial charge on any atom is -0.490 e. The van der Waals surface area contributed by atoms with Crippen LogP contribution in [0, 0.1) is 6.92 Å². The second kappa shape index (κ2) is 11.4. The molecule has 0 unspecified atom stereocenters. The maximum Gasteiger partial charge on any atom is 0.260 e. The van der Waals surface area contributed by atoms with Crippen LogP contribution in [0.1, 0.15) is 44.2 Å². The van der Waals surface area contributed by atoms with E-state index in [0.717, 1.165) is 43.7 Å². The van der Waals surface area contributed by atoms with Gasteiger partial charge in [-0.1, -0.05) is 17.7 Å². The molecule has 6 heteroatoms. The lowest BCUT2D eigenvalue weighted by Crippen LogP contribution is -2.38. The summed E-state index contributed by atoms with van der Waals surface area (Å²) < 4.78 is 11.6. The van der Waals surface area contributed by atoms with Crippen molar-refractivity contribution < 1.29 is 14.3 Å². The summed E-state index contributed by atoms with van der Waals surface area (Å²) in [6.45, 7) is 9.03. The normalized spacial score (nSPS) is 14.0. The van der Waals surface area contributed by atoms with Gasteiger partial charge in [0.25, 0.3) is 5.91 Å². The molecular weight excluding hydrogens is 390 g/mol. The van der Waals surface area contributed by atoms with E-state index in [2.05, 4.69) is 43.2 Å². The number of hydrogen-bond acceptors (Lipinski definition) is 5. The summed E-state index contributed by atoms with van der Waals surface area (Å²) in [5.41, 5.74) is 3.17. The fourth-order valence-electron chi connectivity index (χ4n) is 3.55. The van der Waals surface area contributed by atoms with E-state index in [9.17, 15) is 4.79 Å². The number of hydrazone groups is 1. The predicted octanol–water partition coefficient (Wildman–Crippen LogP) is 4.65.